The molecule has 2 amide bonds. The van der Waals surface area contributed by atoms with Crippen LogP contribution in [0.2, 0.25) is 0 Å². The summed E-state index contributed by atoms with van der Waals surface area (Å²) >= 11 is 0. The monoisotopic (exact) mass is 1250 g/mol. The molecule has 6 aromatic rings. The topological polar surface area (TPSA) is 357 Å². The lowest BCUT2D eigenvalue weighted by Gasteiger charge is -2.53. The average Bonchev–Trinajstić information content (AvgIpc) is 0.861. The minimum Gasteiger partial charge on any atom is -0.394 e. The van der Waals surface area contributed by atoms with Gasteiger partial charge in [-0.05, 0) is 57.6 Å². The van der Waals surface area contributed by atoms with Crippen molar-refractivity contribution in [1.29, 1.82) is 0 Å². The van der Waals surface area contributed by atoms with Gasteiger partial charge in [-0.1, -0.05) is 146 Å². The second-order valence-corrected chi connectivity index (χ2v) is 22.6. The van der Waals surface area contributed by atoms with E-state index in [2.05, 4.69) is 0 Å². The number of nitrogens with zero attached hydrogens (tertiary/aromatic N) is 2. The van der Waals surface area contributed by atoms with Crippen molar-refractivity contribution in [3.05, 3.63) is 203 Å². The van der Waals surface area contributed by atoms with E-state index in [1.807, 2.05) is 0 Å². The van der Waals surface area contributed by atoms with Gasteiger partial charge in [0, 0.05) is 11.1 Å². The Morgan fingerprint density at radius 2 is 0.522 bits per heavy atom. The van der Waals surface area contributed by atoms with E-state index < -0.39 is 161 Å². The Morgan fingerprint density at radius 1 is 0.311 bits per heavy atom. The minimum absolute atomic E-state index is 0.0763. The summed E-state index contributed by atoms with van der Waals surface area (Å²) in [6.07, 6.45) is -27.2. The van der Waals surface area contributed by atoms with Crippen molar-refractivity contribution in [1.82, 2.24) is 9.80 Å². The highest BCUT2D eigenvalue weighted by Crippen LogP contribution is 2.39. The first-order chi connectivity index (χ1) is 43.6. The molecule has 20 atom stereocenters. The van der Waals surface area contributed by atoms with Crippen LogP contribution in [0.15, 0.2) is 170 Å². The van der Waals surface area contributed by atoms with Gasteiger partial charge in [-0.25, -0.2) is 0 Å². The Bertz CT molecular complexity index is 2810. The van der Waals surface area contributed by atoms with Gasteiger partial charge in [0.05, 0.1) is 52.9 Å². The first-order valence-corrected chi connectivity index (χ1v) is 29.6. The van der Waals surface area contributed by atoms with E-state index in [0.29, 0.717) is 33.4 Å². The summed E-state index contributed by atoms with van der Waals surface area (Å²) in [6, 6.07) is 40.3. The van der Waals surface area contributed by atoms with E-state index in [1.54, 1.807) is 146 Å². The molecule has 0 aliphatic carbocycles. The predicted octanol–water partition coefficient (Wildman–Crippen LogP) is 0.336. The normalized spacial score (nSPS) is 32.0. The summed E-state index contributed by atoms with van der Waals surface area (Å²) in [4.78, 5) is 33.1. The van der Waals surface area contributed by atoms with Crippen LogP contribution in [0.3, 0.4) is 0 Å². The smallest absolute Gasteiger partial charge is 0.254 e. The summed E-state index contributed by atoms with van der Waals surface area (Å²) in [7, 11) is 0. The third kappa shape index (κ3) is 14.7. The van der Waals surface area contributed by atoms with E-state index in [0.717, 1.165) is 9.80 Å². The summed E-state index contributed by atoms with van der Waals surface area (Å²) in [5.74, 6) is -1.83. The maximum absolute atomic E-state index is 15.6. The van der Waals surface area contributed by atoms with Gasteiger partial charge in [-0.3, -0.25) is 9.59 Å². The van der Waals surface area contributed by atoms with Crippen LogP contribution in [0.5, 0.6) is 0 Å². The summed E-state index contributed by atoms with van der Waals surface area (Å²) in [5, 5.41) is 136. The van der Waals surface area contributed by atoms with Crippen molar-refractivity contribution in [3.63, 3.8) is 0 Å². The predicted molar refractivity (Wildman–Crippen MR) is 315 cm³/mol. The molecule has 10 rings (SSSR count). The zero-order chi connectivity index (χ0) is 63.6. The van der Waals surface area contributed by atoms with Gasteiger partial charge < -0.3 is 109 Å². The highest BCUT2D eigenvalue weighted by atomic mass is 16.7. The Labute approximate surface area is 518 Å². The number of rotatable bonds is 23. The van der Waals surface area contributed by atoms with Gasteiger partial charge in [-0.2, -0.15) is 0 Å². The molecule has 12 N–H and O–H groups in total. The Balaban J connectivity index is 0.999. The number of benzene rings is 6. The standard InChI is InChI=1S/C66H76N2O22/c69-29-45-53(73)57(77)49(63(87-45)83-33-37-13-5-1-6-14-37)67(50-58(78)54(74)46(30-70)88-64(50)84-34-38-15-7-2-8-16-38)61(81)43-25-21-41(22-26-43)42-23-27-44(28-24-42)62(82)68(51-59(79)55(75)47(31-71)89-65(51)85-35-39-17-9-3-10-18-39)52-60(80)56(76)48(32-72)90-66(52)86-36-40-19-11-4-12-20-40/h1-28,45-60,63-66,69-80H,29-36H2/t45-,46-,47-,48-,49+,50+,51+,52+,53-,54-,55-,56-,57-,58-,59-,60-,63+,64+,65+,66+/m1/s1. The van der Waals surface area contributed by atoms with Gasteiger partial charge in [-0.15, -0.1) is 0 Å². The molecule has 24 nitrogen and oxygen atoms in total. The maximum atomic E-state index is 15.6. The maximum Gasteiger partial charge on any atom is 0.254 e. The molecule has 90 heavy (non-hydrogen) atoms. The number of ether oxygens (including phenoxy) is 8. The van der Waals surface area contributed by atoms with Gasteiger partial charge in [0.2, 0.25) is 0 Å². The second-order valence-electron chi connectivity index (χ2n) is 22.6. The fraction of sp³-hybridized carbons (Fsp3) is 0.424. The minimum atomic E-state index is -1.94. The van der Waals surface area contributed by atoms with E-state index in [9.17, 15) is 61.3 Å². The zero-order valence-corrected chi connectivity index (χ0v) is 48.7. The molecule has 4 saturated heterocycles. The SMILES string of the molecule is O=C(c1ccc(-c2ccc(C(=O)N([C@@H]3[C@@H](OCc4ccccc4)O[C@H](CO)[C@@H](O)[C@@H]3O)[C@@H]3[C@@H](OCc4ccccc4)O[C@H](CO)[C@@H](O)[C@@H]3O)cc2)cc1)N([C@@H]1[C@@H](OCc2ccccc2)O[C@H](CO)[C@@H](O)[C@@H]1O)[C@@H]1[C@@H](OCc2ccccc2)O[C@H](CO)[C@@H](O)[C@@H]1O. The molecule has 0 spiro atoms. The number of carbonyl (C=O) groups excluding carboxylic acids is 2. The first kappa shape index (κ1) is 66.4. The zero-order valence-electron chi connectivity index (χ0n) is 48.7. The molecule has 24 heteroatoms. The van der Waals surface area contributed by atoms with Crippen LogP contribution in [0.1, 0.15) is 43.0 Å². The highest BCUT2D eigenvalue weighted by molar-refractivity contribution is 5.96. The van der Waals surface area contributed by atoms with Crippen molar-refractivity contribution in [2.24, 2.45) is 0 Å². The molecule has 4 aliphatic rings. The summed E-state index contributed by atoms with van der Waals surface area (Å²) in [5.41, 5.74) is 3.38. The van der Waals surface area contributed by atoms with Crippen molar-refractivity contribution in [3.8, 4) is 11.1 Å². The van der Waals surface area contributed by atoms with Gasteiger partial charge in [0.25, 0.3) is 11.8 Å². The number of hydrogen-bond donors (Lipinski definition) is 12. The lowest BCUT2D eigenvalue weighted by atomic mass is 9.89. The average molecular weight is 1250 g/mol. The molecule has 482 valence electrons. The van der Waals surface area contributed by atoms with Crippen molar-refractivity contribution in [2.45, 2.75) is 149 Å². The van der Waals surface area contributed by atoms with Crippen LogP contribution in [-0.4, -0.2) is 232 Å². The largest absolute Gasteiger partial charge is 0.394 e. The Kier molecular flexibility index (Phi) is 22.7. The van der Waals surface area contributed by atoms with E-state index in [-0.39, 0.29) is 37.6 Å². The molecule has 0 radical (unpaired) electrons. The third-order valence-electron chi connectivity index (χ3n) is 16.8. The molecular weight excluding hydrogens is 1170 g/mol. The van der Waals surface area contributed by atoms with Crippen LogP contribution in [0, 0.1) is 0 Å². The molecule has 4 heterocycles. The quantitative estimate of drug-likeness (QED) is 0.0411. The fourth-order valence-corrected chi connectivity index (χ4v) is 11.9. The molecule has 6 aromatic carbocycles. The summed E-state index contributed by atoms with van der Waals surface area (Å²) < 4.78 is 49.5. The third-order valence-corrected chi connectivity index (χ3v) is 16.8. The van der Waals surface area contributed by atoms with Crippen LogP contribution in [-0.2, 0) is 64.3 Å². The van der Waals surface area contributed by atoms with Crippen LogP contribution >= 0.6 is 0 Å². The molecule has 0 aromatic heterocycles. The second kappa shape index (κ2) is 30.7. The molecule has 0 saturated carbocycles. The number of carbonyl (C=O) groups is 2. The van der Waals surface area contributed by atoms with Crippen molar-refractivity contribution < 1.29 is 109 Å². The van der Waals surface area contributed by atoms with Crippen LogP contribution < -0.4 is 0 Å². The molecule has 4 fully saturated rings. The highest BCUT2D eigenvalue weighted by Gasteiger charge is 2.59. The number of aliphatic hydroxyl groups is 12. The summed E-state index contributed by atoms with van der Waals surface area (Å²) in [6.45, 7) is -3.70. The van der Waals surface area contributed by atoms with Gasteiger partial charge in [0.15, 0.2) is 25.2 Å². The Hall–Kier alpha value is -6.54. The number of amides is 2. The first-order valence-electron chi connectivity index (χ1n) is 29.6. The lowest BCUT2D eigenvalue weighted by Crippen LogP contribution is -2.73. The van der Waals surface area contributed by atoms with Gasteiger partial charge in [0.1, 0.15) is 97.4 Å². The van der Waals surface area contributed by atoms with Crippen LogP contribution in [0.25, 0.3) is 11.1 Å². The van der Waals surface area contributed by atoms with Crippen molar-refractivity contribution >= 4 is 11.8 Å². The van der Waals surface area contributed by atoms with E-state index >= 15 is 9.59 Å². The van der Waals surface area contributed by atoms with Crippen molar-refractivity contribution in [2.75, 3.05) is 26.4 Å². The molecule has 4 aliphatic heterocycles. The van der Waals surface area contributed by atoms with E-state index in [4.69, 9.17) is 37.9 Å². The number of hydrogen-bond acceptors (Lipinski definition) is 22. The number of aliphatic hydroxyl groups excluding tert-OH is 12. The lowest BCUT2D eigenvalue weighted by molar-refractivity contribution is -0.319. The molecule has 0 bridgehead atoms. The Morgan fingerprint density at radius 3 is 0.722 bits per heavy atom. The van der Waals surface area contributed by atoms with Crippen LogP contribution in [0.4, 0.5) is 0 Å². The molecule has 0 unspecified atom stereocenters. The van der Waals surface area contributed by atoms with E-state index in [1.165, 1.54) is 24.3 Å². The molecular formula is C66H76N2O22. The van der Waals surface area contributed by atoms with Gasteiger partial charge >= 0.3 is 0 Å². The fourth-order valence-electron chi connectivity index (χ4n) is 11.9.